The fourth-order valence-electron chi connectivity index (χ4n) is 3.11. The summed E-state index contributed by atoms with van der Waals surface area (Å²) in [6.07, 6.45) is 0. The van der Waals surface area contributed by atoms with Gasteiger partial charge in [-0.15, -0.1) is 0 Å². The largest absolute Gasteiger partial charge is 0.399 e. The van der Waals surface area contributed by atoms with E-state index in [2.05, 4.69) is 51.7 Å². The molecule has 0 bridgehead atoms. The van der Waals surface area contributed by atoms with E-state index < -0.39 is 0 Å². The molecular weight excluding hydrogens is 236 g/mol. The van der Waals surface area contributed by atoms with Gasteiger partial charge >= 0.3 is 0 Å². The predicted octanol–water partition coefficient (Wildman–Crippen LogP) is 3.22. The van der Waals surface area contributed by atoms with Crippen molar-refractivity contribution in [1.29, 1.82) is 0 Å². The van der Waals surface area contributed by atoms with E-state index in [1.165, 1.54) is 5.56 Å². The number of ether oxygens (including phenoxy) is 1. The normalized spacial score (nSPS) is 24.1. The Morgan fingerprint density at radius 3 is 2.00 bits per heavy atom. The summed E-state index contributed by atoms with van der Waals surface area (Å²) in [5, 5.41) is 0. The maximum Gasteiger partial charge on any atom is 0.0761 e. The lowest BCUT2D eigenvalue weighted by Crippen LogP contribution is -2.57. The first-order valence-corrected chi connectivity index (χ1v) is 6.98. The fraction of sp³-hybridized carbons (Fsp3) is 0.625. The first-order valence-electron chi connectivity index (χ1n) is 6.98. The summed E-state index contributed by atoms with van der Waals surface area (Å²) in [6, 6.07) is 8.57. The number of hydrogen-bond acceptors (Lipinski definition) is 3. The average Bonchev–Trinajstić information content (AvgIpc) is 2.25. The van der Waals surface area contributed by atoms with E-state index >= 15 is 0 Å². The van der Waals surface area contributed by atoms with Gasteiger partial charge in [-0.3, -0.25) is 4.90 Å². The van der Waals surface area contributed by atoms with Crippen LogP contribution in [0.1, 0.15) is 46.2 Å². The average molecular weight is 262 g/mol. The highest BCUT2D eigenvalue weighted by atomic mass is 16.5. The third-order valence-corrected chi connectivity index (χ3v) is 3.69. The molecule has 1 saturated heterocycles. The molecule has 1 aliphatic heterocycles. The lowest BCUT2D eigenvalue weighted by molar-refractivity contribution is -0.187. The van der Waals surface area contributed by atoms with Gasteiger partial charge in [-0.25, -0.2) is 0 Å². The van der Waals surface area contributed by atoms with Gasteiger partial charge in [0, 0.05) is 24.8 Å². The standard InChI is InChI=1S/C16H26N2O/c1-12(13-6-8-14(17)9-7-13)18-10-15(2,3)19-16(4,5)11-18/h6-9,12H,10-11,17H2,1-5H3. The molecule has 1 aromatic rings. The zero-order valence-corrected chi connectivity index (χ0v) is 12.7. The number of benzene rings is 1. The summed E-state index contributed by atoms with van der Waals surface area (Å²) in [4.78, 5) is 2.50. The molecule has 1 aliphatic rings. The molecule has 3 heteroatoms. The zero-order chi connectivity index (χ0) is 14.3. The highest BCUT2D eigenvalue weighted by molar-refractivity contribution is 5.40. The lowest BCUT2D eigenvalue weighted by Gasteiger charge is -2.49. The molecule has 0 aliphatic carbocycles. The van der Waals surface area contributed by atoms with Crippen molar-refractivity contribution in [1.82, 2.24) is 4.90 Å². The Balaban J connectivity index is 2.18. The summed E-state index contributed by atoms with van der Waals surface area (Å²) in [6.45, 7) is 12.8. The van der Waals surface area contributed by atoms with Gasteiger partial charge in [0.2, 0.25) is 0 Å². The molecular formula is C16H26N2O. The molecule has 1 atom stereocenters. The SMILES string of the molecule is CC(c1ccc(N)cc1)N1CC(C)(C)OC(C)(C)C1. The Kier molecular flexibility index (Phi) is 3.63. The first kappa shape index (κ1) is 14.4. The Morgan fingerprint density at radius 1 is 1.05 bits per heavy atom. The topological polar surface area (TPSA) is 38.5 Å². The van der Waals surface area contributed by atoms with E-state index in [0.29, 0.717) is 6.04 Å². The van der Waals surface area contributed by atoms with E-state index in [-0.39, 0.29) is 11.2 Å². The van der Waals surface area contributed by atoms with Crippen LogP contribution in [0.2, 0.25) is 0 Å². The second-order valence-corrected chi connectivity index (χ2v) is 6.87. The van der Waals surface area contributed by atoms with Crippen LogP contribution in [0.4, 0.5) is 5.69 Å². The number of hydrogen-bond donors (Lipinski definition) is 1. The summed E-state index contributed by atoms with van der Waals surface area (Å²) < 4.78 is 6.13. The van der Waals surface area contributed by atoms with Crippen molar-refractivity contribution in [3.8, 4) is 0 Å². The van der Waals surface area contributed by atoms with Gasteiger partial charge in [0.25, 0.3) is 0 Å². The fourth-order valence-corrected chi connectivity index (χ4v) is 3.11. The Labute approximate surface area is 116 Å². The van der Waals surface area contributed by atoms with Crippen LogP contribution >= 0.6 is 0 Å². The van der Waals surface area contributed by atoms with Crippen molar-refractivity contribution in [3.63, 3.8) is 0 Å². The van der Waals surface area contributed by atoms with Crippen molar-refractivity contribution in [2.75, 3.05) is 18.8 Å². The highest BCUT2D eigenvalue weighted by Gasteiger charge is 2.39. The van der Waals surface area contributed by atoms with Crippen molar-refractivity contribution < 1.29 is 4.74 Å². The number of nitrogens with two attached hydrogens (primary N) is 1. The van der Waals surface area contributed by atoms with Crippen LogP contribution in [-0.2, 0) is 4.74 Å². The molecule has 0 spiro atoms. The van der Waals surface area contributed by atoms with Crippen LogP contribution in [0.5, 0.6) is 0 Å². The van der Waals surface area contributed by atoms with Crippen LogP contribution in [0.25, 0.3) is 0 Å². The molecule has 2 N–H and O–H groups in total. The third kappa shape index (κ3) is 3.48. The van der Waals surface area contributed by atoms with Crippen molar-refractivity contribution in [3.05, 3.63) is 29.8 Å². The lowest BCUT2D eigenvalue weighted by atomic mass is 9.95. The molecule has 0 aromatic heterocycles. The third-order valence-electron chi connectivity index (χ3n) is 3.69. The minimum absolute atomic E-state index is 0.107. The number of morpholine rings is 1. The molecule has 106 valence electrons. The van der Waals surface area contributed by atoms with Gasteiger partial charge in [-0.05, 0) is 52.3 Å². The monoisotopic (exact) mass is 262 g/mol. The van der Waals surface area contributed by atoms with Gasteiger partial charge in [0.15, 0.2) is 0 Å². The second kappa shape index (κ2) is 4.80. The van der Waals surface area contributed by atoms with Crippen LogP contribution in [0.15, 0.2) is 24.3 Å². The van der Waals surface area contributed by atoms with Gasteiger partial charge in [-0.1, -0.05) is 12.1 Å². The molecule has 0 radical (unpaired) electrons. The molecule has 1 heterocycles. The van der Waals surface area contributed by atoms with Crippen molar-refractivity contribution in [2.45, 2.75) is 51.9 Å². The van der Waals surface area contributed by atoms with E-state index in [1.54, 1.807) is 0 Å². The van der Waals surface area contributed by atoms with Crippen molar-refractivity contribution >= 4 is 5.69 Å². The van der Waals surface area contributed by atoms with Gasteiger partial charge in [0.05, 0.1) is 11.2 Å². The summed E-state index contributed by atoms with van der Waals surface area (Å²) in [5.41, 5.74) is 7.67. The molecule has 0 saturated carbocycles. The number of anilines is 1. The quantitative estimate of drug-likeness (QED) is 0.832. The molecule has 3 nitrogen and oxygen atoms in total. The molecule has 1 aromatic carbocycles. The predicted molar refractivity (Wildman–Crippen MR) is 80.1 cm³/mol. The van der Waals surface area contributed by atoms with Crippen LogP contribution < -0.4 is 5.73 Å². The molecule has 19 heavy (non-hydrogen) atoms. The van der Waals surface area contributed by atoms with Gasteiger partial charge in [0.1, 0.15) is 0 Å². The van der Waals surface area contributed by atoms with Gasteiger partial charge < -0.3 is 10.5 Å². The minimum Gasteiger partial charge on any atom is -0.399 e. The zero-order valence-electron chi connectivity index (χ0n) is 12.7. The summed E-state index contributed by atoms with van der Waals surface area (Å²) in [5.74, 6) is 0. The maximum absolute atomic E-state index is 6.13. The highest BCUT2D eigenvalue weighted by Crippen LogP contribution is 2.33. The Bertz CT molecular complexity index is 421. The maximum atomic E-state index is 6.13. The number of rotatable bonds is 2. The molecule has 2 rings (SSSR count). The number of nitrogen functional groups attached to an aromatic ring is 1. The van der Waals surface area contributed by atoms with E-state index in [9.17, 15) is 0 Å². The second-order valence-electron chi connectivity index (χ2n) is 6.87. The van der Waals surface area contributed by atoms with Crippen LogP contribution in [-0.4, -0.2) is 29.2 Å². The van der Waals surface area contributed by atoms with E-state index in [1.807, 2.05) is 12.1 Å². The summed E-state index contributed by atoms with van der Waals surface area (Å²) in [7, 11) is 0. The van der Waals surface area contributed by atoms with Gasteiger partial charge in [-0.2, -0.15) is 0 Å². The van der Waals surface area contributed by atoms with Crippen molar-refractivity contribution in [2.24, 2.45) is 0 Å². The Hall–Kier alpha value is -1.06. The first-order chi connectivity index (χ1) is 8.69. The molecule has 1 fully saturated rings. The smallest absolute Gasteiger partial charge is 0.0761 e. The summed E-state index contributed by atoms with van der Waals surface area (Å²) >= 11 is 0. The number of nitrogens with zero attached hydrogens (tertiary/aromatic N) is 1. The van der Waals surface area contributed by atoms with E-state index in [0.717, 1.165) is 18.8 Å². The van der Waals surface area contributed by atoms with E-state index in [4.69, 9.17) is 10.5 Å². The Morgan fingerprint density at radius 2 is 1.53 bits per heavy atom. The minimum atomic E-state index is -0.107. The molecule has 1 unspecified atom stereocenters. The van der Waals surface area contributed by atoms with Crippen LogP contribution in [0.3, 0.4) is 0 Å². The van der Waals surface area contributed by atoms with Crippen LogP contribution in [0, 0.1) is 0 Å². The molecule has 0 amide bonds.